The number of carbonyl (C=O) groups is 1. The van der Waals surface area contributed by atoms with Gasteiger partial charge in [-0.05, 0) is 42.3 Å². The largest absolute Gasteiger partial charge is 0.493 e. The van der Waals surface area contributed by atoms with Gasteiger partial charge >= 0.3 is 0 Å². The Morgan fingerprint density at radius 2 is 1.80 bits per heavy atom. The average Bonchev–Trinajstić information content (AvgIpc) is 3.19. The van der Waals surface area contributed by atoms with Gasteiger partial charge in [0.15, 0.2) is 16.6 Å². The summed E-state index contributed by atoms with van der Waals surface area (Å²) < 4.78 is 11.9. The smallest absolute Gasteiger partial charge is 0.264 e. The van der Waals surface area contributed by atoms with E-state index in [9.17, 15) is 4.79 Å². The van der Waals surface area contributed by atoms with Crippen LogP contribution in [0.1, 0.15) is 21.5 Å². The number of fused-ring (bicyclic) bond motifs is 1. The maximum Gasteiger partial charge on any atom is 0.264 e. The third kappa shape index (κ3) is 3.86. The number of aryl methyl sites for hydroxylation is 1. The van der Waals surface area contributed by atoms with E-state index in [2.05, 4.69) is 6.07 Å². The van der Waals surface area contributed by atoms with Crippen LogP contribution in [0.2, 0.25) is 0 Å². The summed E-state index contributed by atoms with van der Waals surface area (Å²) in [4.78, 5) is 20.1. The zero-order chi connectivity index (χ0) is 21.1. The number of ether oxygens (including phenoxy) is 2. The van der Waals surface area contributed by atoms with E-state index in [4.69, 9.17) is 14.5 Å². The molecule has 0 bridgehead atoms. The van der Waals surface area contributed by atoms with Crippen molar-refractivity contribution in [2.24, 2.45) is 0 Å². The molecule has 1 aromatic heterocycles. The van der Waals surface area contributed by atoms with Crippen LogP contribution in [0.25, 0.3) is 10.2 Å². The minimum atomic E-state index is -0.189. The second-order valence-corrected chi connectivity index (χ2v) is 7.89. The van der Waals surface area contributed by atoms with E-state index in [1.165, 1.54) is 18.4 Å². The molecule has 0 N–H and O–H groups in total. The molecule has 4 aromatic rings. The van der Waals surface area contributed by atoms with Gasteiger partial charge in [-0.3, -0.25) is 9.69 Å². The lowest BCUT2D eigenvalue weighted by Gasteiger charge is -2.22. The van der Waals surface area contributed by atoms with E-state index in [1.54, 1.807) is 30.2 Å². The first kappa shape index (κ1) is 19.9. The van der Waals surface area contributed by atoms with Crippen LogP contribution in [0.15, 0.2) is 66.7 Å². The number of methoxy groups -OCH3 is 2. The molecular weight excluding hydrogens is 396 g/mol. The van der Waals surface area contributed by atoms with Gasteiger partial charge in [0.1, 0.15) is 0 Å². The van der Waals surface area contributed by atoms with Gasteiger partial charge in [-0.2, -0.15) is 0 Å². The first-order valence-corrected chi connectivity index (χ1v) is 10.4. The Bertz CT molecular complexity index is 1190. The molecule has 0 saturated carbocycles. The Kier molecular flexibility index (Phi) is 5.68. The van der Waals surface area contributed by atoms with Crippen LogP contribution in [0, 0.1) is 6.92 Å². The van der Waals surface area contributed by atoms with Crippen molar-refractivity contribution in [3.8, 4) is 11.5 Å². The van der Waals surface area contributed by atoms with Crippen molar-refractivity contribution in [3.05, 3.63) is 83.4 Å². The molecule has 0 fully saturated rings. The number of para-hydroxylation sites is 1. The quantitative estimate of drug-likeness (QED) is 0.417. The first-order valence-electron chi connectivity index (χ1n) is 9.54. The Balaban J connectivity index is 1.81. The molecule has 0 aliphatic rings. The van der Waals surface area contributed by atoms with Gasteiger partial charge in [0, 0.05) is 0 Å². The van der Waals surface area contributed by atoms with E-state index in [-0.39, 0.29) is 5.91 Å². The highest BCUT2D eigenvalue weighted by Crippen LogP contribution is 2.35. The molecule has 0 aliphatic carbocycles. The van der Waals surface area contributed by atoms with Crippen molar-refractivity contribution in [2.45, 2.75) is 13.5 Å². The van der Waals surface area contributed by atoms with Crippen molar-refractivity contribution < 1.29 is 14.3 Å². The topological polar surface area (TPSA) is 51.7 Å². The fourth-order valence-electron chi connectivity index (χ4n) is 3.33. The van der Waals surface area contributed by atoms with Crippen LogP contribution in [-0.2, 0) is 6.54 Å². The highest BCUT2D eigenvalue weighted by Gasteiger charge is 2.26. The lowest BCUT2D eigenvalue weighted by molar-refractivity contribution is 0.0981. The Morgan fingerprint density at radius 3 is 2.53 bits per heavy atom. The number of thiazole rings is 1. The van der Waals surface area contributed by atoms with E-state index in [0.717, 1.165) is 21.3 Å². The van der Waals surface area contributed by atoms with Crippen LogP contribution in [0.5, 0.6) is 11.5 Å². The van der Waals surface area contributed by atoms with Gasteiger partial charge in [-0.25, -0.2) is 4.98 Å². The summed E-state index contributed by atoms with van der Waals surface area (Å²) in [5.41, 5.74) is 3.49. The fraction of sp³-hybridized carbons (Fsp3) is 0.167. The Morgan fingerprint density at radius 1 is 1.00 bits per heavy atom. The molecule has 1 heterocycles. The minimum absolute atomic E-state index is 0.189. The lowest BCUT2D eigenvalue weighted by Crippen LogP contribution is -2.30. The number of benzene rings is 3. The van der Waals surface area contributed by atoms with Gasteiger partial charge in [-0.1, -0.05) is 53.8 Å². The van der Waals surface area contributed by atoms with E-state index >= 15 is 0 Å². The number of anilines is 1. The van der Waals surface area contributed by atoms with Crippen LogP contribution < -0.4 is 14.4 Å². The second kappa shape index (κ2) is 8.55. The monoisotopic (exact) mass is 418 g/mol. The highest BCUT2D eigenvalue weighted by molar-refractivity contribution is 7.22. The summed E-state index contributed by atoms with van der Waals surface area (Å²) in [5.74, 6) is 0.744. The summed E-state index contributed by atoms with van der Waals surface area (Å²) >= 11 is 1.51. The normalized spacial score (nSPS) is 10.8. The number of hydrogen-bond donors (Lipinski definition) is 0. The standard InChI is InChI=1S/C24H22N2O3S/c1-16-12-13-19-21(14-16)30-24(25-19)26(15-17-8-5-4-6-9-17)23(27)18-10-7-11-20(28-2)22(18)29-3/h4-14H,15H2,1-3H3. The van der Waals surface area contributed by atoms with Crippen molar-refractivity contribution in [3.63, 3.8) is 0 Å². The fourth-order valence-corrected chi connectivity index (χ4v) is 4.39. The zero-order valence-corrected chi connectivity index (χ0v) is 17.9. The van der Waals surface area contributed by atoms with Gasteiger partial charge in [0.05, 0.1) is 36.5 Å². The molecule has 0 spiro atoms. The molecule has 0 atom stereocenters. The highest BCUT2D eigenvalue weighted by atomic mass is 32.1. The Labute approximate surface area is 179 Å². The van der Waals surface area contributed by atoms with Gasteiger partial charge in [0.25, 0.3) is 5.91 Å². The van der Waals surface area contributed by atoms with E-state index < -0.39 is 0 Å². The summed E-state index contributed by atoms with van der Waals surface area (Å²) in [6.45, 7) is 2.45. The number of hydrogen-bond acceptors (Lipinski definition) is 5. The van der Waals surface area contributed by atoms with Crippen molar-refractivity contribution in [1.82, 2.24) is 4.98 Å². The number of aromatic nitrogens is 1. The molecule has 30 heavy (non-hydrogen) atoms. The lowest BCUT2D eigenvalue weighted by atomic mass is 10.1. The number of nitrogens with zero attached hydrogens (tertiary/aromatic N) is 2. The predicted molar refractivity (Wildman–Crippen MR) is 121 cm³/mol. The summed E-state index contributed by atoms with van der Waals surface area (Å²) in [6.07, 6.45) is 0. The summed E-state index contributed by atoms with van der Waals surface area (Å²) in [7, 11) is 3.10. The minimum Gasteiger partial charge on any atom is -0.493 e. The predicted octanol–water partition coefficient (Wildman–Crippen LogP) is 5.47. The molecule has 152 valence electrons. The van der Waals surface area contributed by atoms with Gasteiger partial charge in [0.2, 0.25) is 0 Å². The zero-order valence-electron chi connectivity index (χ0n) is 17.1. The molecular formula is C24H22N2O3S. The van der Waals surface area contributed by atoms with Crippen LogP contribution >= 0.6 is 11.3 Å². The molecule has 6 heteroatoms. The maximum absolute atomic E-state index is 13.7. The molecule has 5 nitrogen and oxygen atoms in total. The van der Waals surface area contributed by atoms with Crippen LogP contribution in [-0.4, -0.2) is 25.1 Å². The van der Waals surface area contributed by atoms with Gasteiger partial charge < -0.3 is 9.47 Å². The molecule has 3 aromatic carbocycles. The number of rotatable bonds is 6. The molecule has 0 unspecified atom stereocenters. The van der Waals surface area contributed by atoms with Crippen molar-refractivity contribution in [1.29, 1.82) is 0 Å². The summed E-state index contributed by atoms with van der Waals surface area (Å²) in [5, 5.41) is 0.648. The van der Waals surface area contributed by atoms with E-state index in [0.29, 0.717) is 28.7 Å². The summed E-state index contributed by atoms with van der Waals surface area (Å²) in [6, 6.07) is 21.3. The van der Waals surface area contributed by atoms with Crippen molar-refractivity contribution >= 4 is 32.6 Å². The van der Waals surface area contributed by atoms with Gasteiger partial charge in [-0.15, -0.1) is 0 Å². The Hall–Kier alpha value is -3.38. The first-order chi connectivity index (χ1) is 14.6. The molecule has 0 saturated heterocycles. The molecule has 1 amide bonds. The number of carbonyl (C=O) groups excluding carboxylic acids is 1. The maximum atomic E-state index is 13.7. The third-order valence-electron chi connectivity index (χ3n) is 4.83. The molecule has 4 rings (SSSR count). The second-order valence-electron chi connectivity index (χ2n) is 6.89. The number of amides is 1. The van der Waals surface area contributed by atoms with Crippen LogP contribution in [0.4, 0.5) is 5.13 Å². The van der Waals surface area contributed by atoms with E-state index in [1.807, 2.05) is 49.4 Å². The van der Waals surface area contributed by atoms with Crippen molar-refractivity contribution in [2.75, 3.05) is 19.1 Å². The molecule has 0 radical (unpaired) electrons. The third-order valence-corrected chi connectivity index (χ3v) is 5.87. The average molecular weight is 419 g/mol. The SMILES string of the molecule is COc1cccc(C(=O)N(Cc2ccccc2)c2nc3ccc(C)cc3s2)c1OC. The molecule has 0 aliphatic heterocycles. The van der Waals surface area contributed by atoms with Crippen LogP contribution in [0.3, 0.4) is 0 Å².